The fourth-order valence-electron chi connectivity index (χ4n) is 2.59. The molecule has 0 atom stereocenters. The molecule has 0 radical (unpaired) electrons. The molecule has 4 rings (SSSR count). The summed E-state index contributed by atoms with van der Waals surface area (Å²) < 4.78 is 7.07. The van der Waals surface area contributed by atoms with Gasteiger partial charge in [-0.25, -0.2) is 9.78 Å². The first-order chi connectivity index (χ1) is 11.2. The average Bonchev–Trinajstić information content (AvgIpc) is 3.24. The van der Waals surface area contributed by atoms with Crippen LogP contribution >= 0.6 is 0 Å². The van der Waals surface area contributed by atoms with Crippen molar-refractivity contribution in [2.45, 2.75) is 0 Å². The fraction of sp³-hybridized carbons (Fsp3) is 0. The highest BCUT2D eigenvalue weighted by Gasteiger charge is 2.08. The Hall–Kier alpha value is -3.34. The molecular formula is C18H12N2O3. The van der Waals surface area contributed by atoms with Gasteiger partial charge in [0.05, 0.1) is 29.1 Å². The maximum atomic E-state index is 11.0. The van der Waals surface area contributed by atoms with Gasteiger partial charge < -0.3 is 9.52 Å². The number of aromatic nitrogens is 2. The summed E-state index contributed by atoms with van der Waals surface area (Å²) in [4.78, 5) is 15.4. The van der Waals surface area contributed by atoms with Crippen LogP contribution in [0.25, 0.3) is 27.8 Å². The van der Waals surface area contributed by atoms with Crippen molar-refractivity contribution in [2.24, 2.45) is 0 Å². The van der Waals surface area contributed by atoms with Crippen LogP contribution < -0.4 is 0 Å². The molecule has 23 heavy (non-hydrogen) atoms. The van der Waals surface area contributed by atoms with Crippen LogP contribution in [0.15, 0.2) is 71.8 Å². The van der Waals surface area contributed by atoms with Gasteiger partial charge in [-0.2, -0.15) is 0 Å². The minimum absolute atomic E-state index is 0.261. The van der Waals surface area contributed by atoms with E-state index in [0.717, 1.165) is 27.8 Å². The summed E-state index contributed by atoms with van der Waals surface area (Å²) in [5.41, 5.74) is 4.99. The molecule has 2 aromatic heterocycles. The first-order valence-electron chi connectivity index (χ1n) is 7.06. The van der Waals surface area contributed by atoms with Crippen molar-refractivity contribution in [3.63, 3.8) is 0 Å². The smallest absolute Gasteiger partial charge is 0.335 e. The van der Waals surface area contributed by atoms with Crippen LogP contribution in [0.2, 0.25) is 0 Å². The second-order valence-corrected chi connectivity index (χ2v) is 5.18. The van der Waals surface area contributed by atoms with Crippen LogP contribution in [-0.4, -0.2) is 20.6 Å². The van der Waals surface area contributed by atoms with E-state index < -0.39 is 5.97 Å². The Labute approximate surface area is 131 Å². The third-order valence-electron chi connectivity index (χ3n) is 3.79. The molecule has 0 saturated heterocycles. The normalized spacial score (nSPS) is 11.0. The monoisotopic (exact) mass is 304 g/mol. The predicted molar refractivity (Wildman–Crippen MR) is 85.7 cm³/mol. The lowest BCUT2D eigenvalue weighted by atomic mass is 10.1. The highest BCUT2D eigenvalue weighted by Crippen LogP contribution is 2.26. The van der Waals surface area contributed by atoms with Crippen molar-refractivity contribution in [1.29, 1.82) is 0 Å². The molecule has 5 nitrogen and oxygen atoms in total. The van der Waals surface area contributed by atoms with E-state index in [1.807, 2.05) is 28.8 Å². The lowest BCUT2D eigenvalue weighted by Crippen LogP contribution is -1.97. The van der Waals surface area contributed by atoms with Crippen molar-refractivity contribution in [2.75, 3.05) is 0 Å². The van der Waals surface area contributed by atoms with Gasteiger partial charge in [0, 0.05) is 11.3 Å². The number of imidazole rings is 1. The van der Waals surface area contributed by atoms with Gasteiger partial charge >= 0.3 is 5.97 Å². The Morgan fingerprint density at radius 2 is 1.87 bits per heavy atom. The van der Waals surface area contributed by atoms with Gasteiger partial charge in [-0.1, -0.05) is 6.07 Å². The number of carbonyl (C=O) groups is 1. The van der Waals surface area contributed by atoms with Gasteiger partial charge in [-0.05, 0) is 48.0 Å². The molecule has 0 unspecified atom stereocenters. The highest BCUT2D eigenvalue weighted by molar-refractivity contribution is 5.88. The van der Waals surface area contributed by atoms with Crippen LogP contribution in [0.1, 0.15) is 10.4 Å². The van der Waals surface area contributed by atoms with Crippen LogP contribution in [0.3, 0.4) is 0 Å². The molecule has 0 saturated carbocycles. The first kappa shape index (κ1) is 13.3. The van der Waals surface area contributed by atoms with E-state index >= 15 is 0 Å². The van der Waals surface area contributed by atoms with E-state index in [1.165, 1.54) is 0 Å². The van der Waals surface area contributed by atoms with Gasteiger partial charge in [0.15, 0.2) is 0 Å². The van der Waals surface area contributed by atoms with Crippen molar-refractivity contribution in [3.05, 3.63) is 72.9 Å². The number of furan rings is 1. The number of fused-ring (bicyclic) bond motifs is 1. The lowest BCUT2D eigenvalue weighted by Gasteiger charge is -2.06. The van der Waals surface area contributed by atoms with E-state index in [0.29, 0.717) is 0 Å². The number of hydrogen-bond donors (Lipinski definition) is 1. The number of rotatable bonds is 3. The molecular weight excluding hydrogens is 292 g/mol. The number of carboxylic acids is 1. The topological polar surface area (TPSA) is 68.3 Å². The number of hydrogen-bond acceptors (Lipinski definition) is 3. The molecule has 2 heterocycles. The molecule has 1 N–H and O–H groups in total. The molecule has 0 aliphatic carbocycles. The molecule has 5 heteroatoms. The zero-order valence-corrected chi connectivity index (χ0v) is 12.0. The average molecular weight is 304 g/mol. The summed E-state index contributed by atoms with van der Waals surface area (Å²) in [6.07, 6.45) is 5.07. The van der Waals surface area contributed by atoms with E-state index in [1.54, 1.807) is 43.1 Å². The number of carboxylic acid groups (broad SMARTS) is 1. The summed E-state index contributed by atoms with van der Waals surface area (Å²) in [6, 6.07) is 14.6. The van der Waals surface area contributed by atoms with Crippen molar-refractivity contribution >= 4 is 17.0 Å². The predicted octanol–water partition coefficient (Wildman–Crippen LogP) is 3.98. The number of nitrogens with zero attached hydrogens (tertiary/aromatic N) is 2. The van der Waals surface area contributed by atoms with Gasteiger partial charge in [0.2, 0.25) is 0 Å². The number of benzene rings is 2. The Morgan fingerprint density at radius 3 is 2.57 bits per heavy atom. The molecule has 0 aliphatic heterocycles. The third kappa shape index (κ3) is 2.28. The Bertz CT molecular complexity index is 983. The van der Waals surface area contributed by atoms with Gasteiger partial charge in [-0.3, -0.25) is 4.57 Å². The summed E-state index contributed by atoms with van der Waals surface area (Å²) in [6.45, 7) is 0. The van der Waals surface area contributed by atoms with Crippen LogP contribution in [0.5, 0.6) is 0 Å². The van der Waals surface area contributed by atoms with Crippen LogP contribution in [0, 0.1) is 0 Å². The Kier molecular flexibility index (Phi) is 2.98. The summed E-state index contributed by atoms with van der Waals surface area (Å²) in [5.74, 6) is -0.936. The standard InChI is InChI=1S/C18H12N2O3/c21-18(22)12-1-4-15(5-2-12)20-11-19-16-6-3-13(9-17(16)20)14-7-8-23-10-14/h1-11H,(H,21,22). The SMILES string of the molecule is O=C(O)c1ccc(-n2cnc3ccc(-c4ccoc4)cc32)cc1. The number of aromatic carboxylic acids is 1. The van der Waals surface area contributed by atoms with Crippen molar-refractivity contribution < 1.29 is 14.3 Å². The Balaban J connectivity index is 1.83. The Morgan fingerprint density at radius 1 is 1.04 bits per heavy atom. The molecule has 0 spiro atoms. The van der Waals surface area contributed by atoms with Crippen molar-refractivity contribution in [3.8, 4) is 16.8 Å². The van der Waals surface area contributed by atoms with Gasteiger partial charge in [0.1, 0.15) is 6.33 Å². The summed E-state index contributed by atoms with van der Waals surface area (Å²) in [7, 11) is 0. The van der Waals surface area contributed by atoms with Crippen molar-refractivity contribution in [1.82, 2.24) is 9.55 Å². The van der Waals surface area contributed by atoms with Gasteiger partial charge in [-0.15, -0.1) is 0 Å². The molecule has 4 aromatic rings. The minimum Gasteiger partial charge on any atom is -0.478 e. The fourth-order valence-corrected chi connectivity index (χ4v) is 2.59. The molecule has 0 bridgehead atoms. The summed E-state index contributed by atoms with van der Waals surface area (Å²) >= 11 is 0. The first-order valence-corrected chi connectivity index (χ1v) is 7.06. The minimum atomic E-state index is -0.936. The second-order valence-electron chi connectivity index (χ2n) is 5.18. The third-order valence-corrected chi connectivity index (χ3v) is 3.79. The lowest BCUT2D eigenvalue weighted by molar-refractivity contribution is 0.0697. The quantitative estimate of drug-likeness (QED) is 0.621. The van der Waals surface area contributed by atoms with E-state index in [9.17, 15) is 4.79 Å². The largest absolute Gasteiger partial charge is 0.478 e. The summed E-state index contributed by atoms with van der Waals surface area (Å²) in [5, 5.41) is 8.99. The van der Waals surface area contributed by atoms with E-state index in [2.05, 4.69) is 4.98 Å². The van der Waals surface area contributed by atoms with Crippen LogP contribution in [0.4, 0.5) is 0 Å². The van der Waals surface area contributed by atoms with E-state index in [4.69, 9.17) is 9.52 Å². The maximum Gasteiger partial charge on any atom is 0.335 e. The van der Waals surface area contributed by atoms with Crippen LogP contribution in [-0.2, 0) is 0 Å². The molecule has 2 aromatic carbocycles. The zero-order chi connectivity index (χ0) is 15.8. The van der Waals surface area contributed by atoms with Gasteiger partial charge in [0.25, 0.3) is 0 Å². The molecule has 0 amide bonds. The molecule has 0 aliphatic rings. The van der Waals surface area contributed by atoms with E-state index in [-0.39, 0.29) is 5.56 Å². The molecule has 0 fully saturated rings. The highest BCUT2D eigenvalue weighted by atomic mass is 16.4. The maximum absolute atomic E-state index is 11.0. The molecule has 112 valence electrons. The second kappa shape index (κ2) is 5.14. The zero-order valence-electron chi connectivity index (χ0n) is 12.0.